The number of piperazine rings is 1. The van der Waals surface area contributed by atoms with E-state index in [0.29, 0.717) is 12.6 Å². The van der Waals surface area contributed by atoms with Crippen molar-refractivity contribution in [1.82, 2.24) is 19.6 Å². The SMILES string of the molecule is OCC[C@H]1CN(CCCn2cccn2)CCN1CC1CCCCC1. The zero-order valence-corrected chi connectivity index (χ0v) is 15.0. The second-order valence-corrected chi connectivity index (χ2v) is 7.59. The van der Waals surface area contributed by atoms with Gasteiger partial charge in [0.25, 0.3) is 0 Å². The third-order valence-corrected chi connectivity index (χ3v) is 5.79. The highest BCUT2D eigenvalue weighted by atomic mass is 16.3. The summed E-state index contributed by atoms with van der Waals surface area (Å²) in [4.78, 5) is 5.26. The molecule has 1 aliphatic carbocycles. The number of aliphatic hydroxyl groups excluding tert-OH is 1. The van der Waals surface area contributed by atoms with Gasteiger partial charge in [-0.3, -0.25) is 9.58 Å². The molecule has 1 atom stereocenters. The van der Waals surface area contributed by atoms with Crippen LogP contribution in [0.15, 0.2) is 18.5 Å². The number of hydrogen-bond donors (Lipinski definition) is 1. The standard InChI is InChI=1S/C19H34N4O/c24-15-8-19-17-21(10-5-12-23-11-4-9-20-23)13-14-22(19)16-18-6-2-1-3-7-18/h4,9,11,18-19,24H,1-3,5-8,10,12-17H2/t19-/m0/s1. The van der Waals surface area contributed by atoms with Gasteiger partial charge in [-0.15, -0.1) is 0 Å². The Morgan fingerprint density at radius 2 is 1.96 bits per heavy atom. The molecule has 24 heavy (non-hydrogen) atoms. The molecular formula is C19H34N4O. The number of nitrogens with zero attached hydrogens (tertiary/aromatic N) is 4. The molecule has 1 aliphatic heterocycles. The molecule has 0 unspecified atom stereocenters. The van der Waals surface area contributed by atoms with Crippen molar-refractivity contribution < 1.29 is 5.11 Å². The molecule has 2 aliphatic rings. The van der Waals surface area contributed by atoms with Crippen LogP contribution in [0, 0.1) is 5.92 Å². The van der Waals surface area contributed by atoms with E-state index in [2.05, 4.69) is 14.9 Å². The summed E-state index contributed by atoms with van der Waals surface area (Å²) in [5, 5.41) is 13.7. The molecule has 0 amide bonds. The van der Waals surface area contributed by atoms with Gasteiger partial charge < -0.3 is 10.0 Å². The molecule has 3 rings (SSSR count). The maximum atomic E-state index is 9.47. The van der Waals surface area contributed by atoms with Crippen molar-refractivity contribution in [3.05, 3.63) is 18.5 Å². The molecule has 5 heteroatoms. The van der Waals surface area contributed by atoms with Crippen LogP contribution in [0.2, 0.25) is 0 Å². The molecule has 2 fully saturated rings. The molecule has 2 heterocycles. The molecule has 5 nitrogen and oxygen atoms in total. The summed E-state index contributed by atoms with van der Waals surface area (Å²) in [6.45, 7) is 7.17. The van der Waals surface area contributed by atoms with Crippen LogP contribution in [0.1, 0.15) is 44.9 Å². The third-order valence-electron chi connectivity index (χ3n) is 5.79. The van der Waals surface area contributed by atoms with Gasteiger partial charge >= 0.3 is 0 Å². The van der Waals surface area contributed by atoms with Crippen molar-refractivity contribution in [3.63, 3.8) is 0 Å². The van der Waals surface area contributed by atoms with E-state index < -0.39 is 0 Å². The normalized spacial score (nSPS) is 24.5. The fourth-order valence-corrected chi connectivity index (χ4v) is 4.41. The van der Waals surface area contributed by atoms with E-state index in [-0.39, 0.29) is 0 Å². The summed E-state index contributed by atoms with van der Waals surface area (Å²) in [6, 6.07) is 2.52. The fraction of sp³-hybridized carbons (Fsp3) is 0.842. The van der Waals surface area contributed by atoms with Crippen LogP contribution in [0.25, 0.3) is 0 Å². The van der Waals surface area contributed by atoms with Crippen LogP contribution in [-0.4, -0.2) is 70.1 Å². The molecule has 1 saturated heterocycles. The van der Waals surface area contributed by atoms with Gasteiger partial charge in [-0.25, -0.2) is 0 Å². The van der Waals surface area contributed by atoms with Crippen LogP contribution in [0.5, 0.6) is 0 Å². The second-order valence-electron chi connectivity index (χ2n) is 7.59. The van der Waals surface area contributed by atoms with Crippen LogP contribution >= 0.6 is 0 Å². The Bertz CT molecular complexity index is 444. The predicted octanol–water partition coefficient (Wildman–Crippen LogP) is 2.22. The molecule has 0 radical (unpaired) electrons. The van der Waals surface area contributed by atoms with Crippen LogP contribution in [0.3, 0.4) is 0 Å². The maximum Gasteiger partial charge on any atom is 0.0489 e. The third kappa shape index (κ3) is 5.30. The van der Waals surface area contributed by atoms with Gasteiger partial charge in [0, 0.05) is 64.3 Å². The highest BCUT2D eigenvalue weighted by Crippen LogP contribution is 2.26. The smallest absolute Gasteiger partial charge is 0.0489 e. The molecule has 1 aromatic rings. The summed E-state index contributed by atoms with van der Waals surface area (Å²) in [6.07, 6.45) is 13.1. The summed E-state index contributed by atoms with van der Waals surface area (Å²) in [5.74, 6) is 0.895. The Morgan fingerprint density at radius 3 is 2.71 bits per heavy atom. The van der Waals surface area contributed by atoms with Crippen LogP contribution in [0.4, 0.5) is 0 Å². The van der Waals surface area contributed by atoms with Crippen LogP contribution < -0.4 is 0 Å². The number of aryl methyl sites for hydroxylation is 1. The Labute approximate surface area is 146 Å². The molecule has 0 aromatic carbocycles. The minimum Gasteiger partial charge on any atom is -0.396 e. The second kappa shape index (κ2) is 9.54. The van der Waals surface area contributed by atoms with E-state index in [1.54, 1.807) is 0 Å². The monoisotopic (exact) mass is 334 g/mol. The number of hydrogen-bond acceptors (Lipinski definition) is 4. The first-order chi connectivity index (χ1) is 11.8. The molecule has 1 saturated carbocycles. The van der Waals surface area contributed by atoms with Gasteiger partial charge in [0.15, 0.2) is 0 Å². The largest absolute Gasteiger partial charge is 0.396 e. The van der Waals surface area contributed by atoms with Gasteiger partial charge in [-0.1, -0.05) is 19.3 Å². The van der Waals surface area contributed by atoms with E-state index in [1.807, 2.05) is 23.1 Å². The number of aromatic nitrogens is 2. The summed E-state index contributed by atoms with van der Waals surface area (Å²) in [5.41, 5.74) is 0. The van der Waals surface area contributed by atoms with Crippen molar-refractivity contribution in [3.8, 4) is 0 Å². The van der Waals surface area contributed by atoms with E-state index in [4.69, 9.17) is 0 Å². The Morgan fingerprint density at radius 1 is 1.08 bits per heavy atom. The Balaban J connectivity index is 1.43. The predicted molar refractivity (Wildman–Crippen MR) is 96.9 cm³/mol. The number of aliphatic hydroxyl groups is 1. The minimum atomic E-state index is 0.312. The average Bonchev–Trinajstić information content (AvgIpc) is 3.12. The zero-order chi connectivity index (χ0) is 16.6. The highest BCUT2D eigenvalue weighted by Gasteiger charge is 2.28. The van der Waals surface area contributed by atoms with E-state index in [0.717, 1.165) is 38.4 Å². The lowest BCUT2D eigenvalue weighted by molar-refractivity contribution is 0.0424. The lowest BCUT2D eigenvalue weighted by Gasteiger charge is -2.43. The first-order valence-corrected chi connectivity index (χ1v) is 9.90. The summed E-state index contributed by atoms with van der Waals surface area (Å²) >= 11 is 0. The zero-order valence-electron chi connectivity index (χ0n) is 15.0. The summed E-state index contributed by atoms with van der Waals surface area (Å²) in [7, 11) is 0. The van der Waals surface area contributed by atoms with Crippen molar-refractivity contribution in [1.29, 1.82) is 0 Å². The topological polar surface area (TPSA) is 44.5 Å². The van der Waals surface area contributed by atoms with E-state index >= 15 is 0 Å². The summed E-state index contributed by atoms with van der Waals surface area (Å²) < 4.78 is 2.02. The van der Waals surface area contributed by atoms with Crippen molar-refractivity contribution in [2.45, 2.75) is 57.5 Å². The molecule has 0 spiro atoms. The Hall–Kier alpha value is -0.910. The molecule has 0 bridgehead atoms. The molecule has 136 valence electrons. The lowest BCUT2D eigenvalue weighted by Crippen LogP contribution is -2.54. The van der Waals surface area contributed by atoms with E-state index in [1.165, 1.54) is 51.7 Å². The van der Waals surface area contributed by atoms with Crippen molar-refractivity contribution >= 4 is 0 Å². The van der Waals surface area contributed by atoms with Gasteiger partial charge in [0.2, 0.25) is 0 Å². The van der Waals surface area contributed by atoms with Gasteiger partial charge in [0.1, 0.15) is 0 Å². The van der Waals surface area contributed by atoms with Gasteiger partial charge in [0.05, 0.1) is 0 Å². The molecule has 1 aromatic heterocycles. The quantitative estimate of drug-likeness (QED) is 0.792. The van der Waals surface area contributed by atoms with Gasteiger partial charge in [-0.05, 0) is 37.7 Å². The maximum absolute atomic E-state index is 9.47. The minimum absolute atomic E-state index is 0.312. The van der Waals surface area contributed by atoms with Crippen molar-refractivity contribution in [2.24, 2.45) is 5.92 Å². The fourth-order valence-electron chi connectivity index (χ4n) is 4.41. The molecular weight excluding hydrogens is 300 g/mol. The van der Waals surface area contributed by atoms with Crippen LogP contribution in [-0.2, 0) is 6.54 Å². The first-order valence-electron chi connectivity index (χ1n) is 9.90. The first kappa shape index (κ1) is 17.9. The van der Waals surface area contributed by atoms with Crippen molar-refractivity contribution in [2.75, 3.05) is 39.3 Å². The number of rotatable bonds is 8. The molecule has 1 N–H and O–H groups in total. The lowest BCUT2D eigenvalue weighted by atomic mass is 9.88. The van der Waals surface area contributed by atoms with E-state index in [9.17, 15) is 5.11 Å². The van der Waals surface area contributed by atoms with Gasteiger partial charge in [-0.2, -0.15) is 5.10 Å². The highest BCUT2D eigenvalue weighted by molar-refractivity contribution is 4.84. The average molecular weight is 335 g/mol. The Kier molecular flexibility index (Phi) is 7.12.